The molecular formula is C16H13ClFNO4. The van der Waals surface area contributed by atoms with Crippen LogP contribution in [-0.4, -0.2) is 29.0 Å². The highest BCUT2D eigenvalue weighted by molar-refractivity contribution is 6.30. The molecule has 0 saturated heterocycles. The van der Waals surface area contributed by atoms with Crippen LogP contribution in [0.4, 0.5) is 4.39 Å². The molecule has 2 aromatic carbocycles. The van der Waals surface area contributed by atoms with Gasteiger partial charge in [0.1, 0.15) is 11.6 Å². The van der Waals surface area contributed by atoms with E-state index in [1.165, 1.54) is 30.3 Å². The molecule has 1 unspecified atom stereocenters. The first-order chi connectivity index (χ1) is 11.0. The molecule has 1 amide bonds. The first-order valence-corrected chi connectivity index (χ1v) is 6.99. The third kappa shape index (κ3) is 3.85. The molecule has 2 rings (SSSR count). The van der Waals surface area contributed by atoms with Crippen molar-refractivity contribution in [2.24, 2.45) is 0 Å². The molecule has 0 bridgehead atoms. The highest BCUT2D eigenvalue weighted by Crippen LogP contribution is 2.22. The van der Waals surface area contributed by atoms with Gasteiger partial charge < -0.3 is 15.5 Å². The van der Waals surface area contributed by atoms with Crippen LogP contribution in [0.5, 0.6) is 5.75 Å². The molecule has 0 aliphatic heterocycles. The lowest BCUT2D eigenvalue weighted by Crippen LogP contribution is -2.31. The molecule has 0 radical (unpaired) electrons. The second-order valence-corrected chi connectivity index (χ2v) is 5.20. The molecule has 1 atom stereocenters. The van der Waals surface area contributed by atoms with Gasteiger partial charge in [0.15, 0.2) is 6.29 Å². The third-order valence-electron chi connectivity index (χ3n) is 3.24. The van der Waals surface area contributed by atoms with Crippen LogP contribution in [0.15, 0.2) is 36.4 Å². The van der Waals surface area contributed by atoms with Crippen molar-refractivity contribution in [3.8, 4) is 5.75 Å². The predicted molar refractivity (Wildman–Crippen MR) is 82.2 cm³/mol. The van der Waals surface area contributed by atoms with Gasteiger partial charge in [-0.25, -0.2) is 4.39 Å². The lowest BCUT2D eigenvalue weighted by Gasteiger charge is -2.18. The molecule has 0 saturated carbocycles. The Labute approximate surface area is 136 Å². The van der Waals surface area contributed by atoms with E-state index in [0.29, 0.717) is 6.29 Å². The number of hydrogen-bond acceptors (Lipinski definition) is 4. The number of carbonyl (C=O) groups excluding carboxylic acids is 2. The Morgan fingerprint density at radius 2 is 2.04 bits per heavy atom. The van der Waals surface area contributed by atoms with E-state index in [2.05, 4.69) is 5.32 Å². The number of phenolic OH excluding ortho intramolecular Hbond substituents is 1. The second kappa shape index (κ2) is 7.21. The largest absolute Gasteiger partial charge is 0.507 e. The smallest absolute Gasteiger partial charge is 0.251 e. The molecule has 3 N–H and O–H groups in total. The molecule has 2 aromatic rings. The molecule has 0 aromatic heterocycles. The Morgan fingerprint density at radius 1 is 1.30 bits per heavy atom. The maximum absolute atomic E-state index is 13.8. The fraction of sp³-hybridized carbons (Fsp3) is 0.125. The topological polar surface area (TPSA) is 86.6 Å². The van der Waals surface area contributed by atoms with E-state index in [1.807, 2.05) is 0 Å². The van der Waals surface area contributed by atoms with Crippen LogP contribution in [0.2, 0.25) is 5.02 Å². The van der Waals surface area contributed by atoms with E-state index in [1.54, 1.807) is 0 Å². The molecule has 0 spiro atoms. The highest BCUT2D eigenvalue weighted by atomic mass is 35.5. The summed E-state index contributed by atoms with van der Waals surface area (Å²) in [6, 6.07) is 6.50. The van der Waals surface area contributed by atoms with Crippen molar-refractivity contribution < 1.29 is 24.2 Å². The molecule has 0 aliphatic rings. The van der Waals surface area contributed by atoms with Crippen molar-refractivity contribution in [3.63, 3.8) is 0 Å². The highest BCUT2D eigenvalue weighted by Gasteiger charge is 2.19. The lowest BCUT2D eigenvalue weighted by molar-refractivity contribution is 0.0915. The Hall–Kier alpha value is -2.44. The monoisotopic (exact) mass is 337 g/mol. The van der Waals surface area contributed by atoms with Gasteiger partial charge in [0.05, 0.1) is 18.2 Å². The zero-order valence-electron chi connectivity index (χ0n) is 11.8. The normalized spacial score (nSPS) is 11.8. The number of aliphatic hydroxyl groups is 1. The van der Waals surface area contributed by atoms with E-state index in [0.717, 1.165) is 6.07 Å². The average molecular weight is 338 g/mol. The zero-order chi connectivity index (χ0) is 17.0. The van der Waals surface area contributed by atoms with Crippen molar-refractivity contribution in [1.82, 2.24) is 5.32 Å². The fourth-order valence-electron chi connectivity index (χ4n) is 2.04. The molecule has 23 heavy (non-hydrogen) atoms. The van der Waals surface area contributed by atoms with E-state index in [-0.39, 0.29) is 27.5 Å². The minimum absolute atomic E-state index is 0.0442. The summed E-state index contributed by atoms with van der Waals surface area (Å²) in [5, 5.41) is 21.6. The van der Waals surface area contributed by atoms with Gasteiger partial charge in [-0.05, 0) is 36.4 Å². The van der Waals surface area contributed by atoms with Crippen LogP contribution in [0.1, 0.15) is 32.3 Å². The SMILES string of the molecule is O=Cc1cc(C(=O)NC(CO)c2cc(Cl)ccc2F)ccc1O. The van der Waals surface area contributed by atoms with Gasteiger partial charge in [0, 0.05) is 16.1 Å². The summed E-state index contributed by atoms with van der Waals surface area (Å²) in [4.78, 5) is 23.0. The Morgan fingerprint density at radius 3 is 2.70 bits per heavy atom. The lowest BCUT2D eigenvalue weighted by atomic mass is 10.1. The van der Waals surface area contributed by atoms with Gasteiger partial charge in [0.2, 0.25) is 0 Å². The van der Waals surface area contributed by atoms with E-state index in [4.69, 9.17) is 11.6 Å². The number of aliphatic hydroxyl groups excluding tert-OH is 1. The predicted octanol–water partition coefficient (Wildman–Crippen LogP) is 2.46. The molecule has 7 heteroatoms. The number of aldehydes is 1. The number of hydrogen-bond donors (Lipinski definition) is 3. The van der Waals surface area contributed by atoms with E-state index >= 15 is 0 Å². The maximum atomic E-state index is 13.8. The van der Waals surface area contributed by atoms with Crippen molar-refractivity contribution in [2.75, 3.05) is 6.61 Å². The number of phenols is 1. The van der Waals surface area contributed by atoms with Gasteiger partial charge in [-0.3, -0.25) is 9.59 Å². The number of nitrogens with one attached hydrogen (secondary N) is 1. The second-order valence-electron chi connectivity index (χ2n) is 4.77. The molecule has 0 heterocycles. The van der Waals surface area contributed by atoms with Gasteiger partial charge in [-0.2, -0.15) is 0 Å². The summed E-state index contributed by atoms with van der Waals surface area (Å²) in [5.74, 6) is -1.50. The molecule has 0 fully saturated rings. The van der Waals surface area contributed by atoms with Crippen LogP contribution >= 0.6 is 11.6 Å². The number of benzene rings is 2. The van der Waals surface area contributed by atoms with Gasteiger partial charge >= 0.3 is 0 Å². The Bertz CT molecular complexity index is 751. The van der Waals surface area contributed by atoms with Crippen molar-refractivity contribution in [3.05, 3.63) is 63.9 Å². The van der Waals surface area contributed by atoms with Crippen LogP contribution in [-0.2, 0) is 0 Å². The van der Waals surface area contributed by atoms with Crippen LogP contribution in [0.3, 0.4) is 0 Å². The third-order valence-corrected chi connectivity index (χ3v) is 3.47. The molecule has 120 valence electrons. The number of amides is 1. The van der Waals surface area contributed by atoms with Crippen LogP contribution in [0, 0.1) is 5.82 Å². The van der Waals surface area contributed by atoms with Crippen molar-refractivity contribution >= 4 is 23.8 Å². The summed E-state index contributed by atoms with van der Waals surface area (Å²) >= 11 is 5.80. The quantitative estimate of drug-likeness (QED) is 0.731. The summed E-state index contributed by atoms with van der Waals surface area (Å²) in [6.07, 6.45) is 0.409. The fourth-order valence-corrected chi connectivity index (χ4v) is 2.22. The number of aromatic hydroxyl groups is 1. The number of halogens is 2. The number of rotatable bonds is 5. The molecular weight excluding hydrogens is 325 g/mol. The minimum atomic E-state index is -1.00. The van der Waals surface area contributed by atoms with E-state index < -0.39 is 24.4 Å². The minimum Gasteiger partial charge on any atom is -0.507 e. The average Bonchev–Trinajstić information content (AvgIpc) is 2.55. The first-order valence-electron chi connectivity index (χ1n) is 6.61. The summed E-state index contributed by atoms with van der Waals surface area (Å²) < 4.78 is 13.8. The Kier molecular flexibility index (Phi) is 5.31. The van der Waals surface area contributed by atoms with Gasteiger partial charge in [-0.1, -0.05) is 11.6 Å². The standard InChI is InChI=1S/C16H13ClFNO4/c17-11-2-3-13(18)12(6-11)14(8-21)19-16(23)9-1-4-15(22)10(5-9)7-20/h1-7,14,21-22H,8H2,(H,19,23). The van der Waals surface area contributed by atoms with Crippen molar-refractivity contribution in [2.45, 2.75) is 6.04 Å². The number of carbonyl (C=O) groups is 2. The van der Waals surface area contributed by atoms with Gasteiger partial charge in [-0.15, -0.1) is 0 Å². The molecule has 5 nitrogen and oxygen atoms in total. The summed E-state index contributed by atoms with van der Waals surface area (Å²) in [6.45, 7) is -0.540. The zero-order valence-corrected chi connectivity index (χ0v) is 12.5. The Balaban J connectivity index is 2.26. The van der Waals surface area contributed by atoms with Crippen LogP contribution in [0.25, 0.3) is 0 Å². The molecule has 0 aliphatic carbocycles. The van der Waals surface area contributed by atoms with Crippen LogP contribution < -0.4 is 5.32 Å². The summed E-state index contributed by atoms with van der Waals surface area (Å²) in [5.41, 5.74) is 0.0839. The maximum Gasteiger partial charge on any atom is 0.251 e. The summed E-state index contributed by atoms with van der Waals surface area (Å²) in [7, 11) is 0. The first kappa shape index (κ1) is 16.9. The van der Waals surface area contributed by atoms with E-state index in [9.17, 15) is 24.2 Å². The van der Waals surface area contributed by atoms with Gasteiger partial charge in [0.25, 0.3) is 5.91 Å². The van der Waals surface area contributed by atoms with Crippen molar-refractivity contribution in [1.29, 1.82) is 0 Å².